The number of amides is 1. The highest BCUT2D eigenvalue weighted by Gasteiger charge is 2.19. The van der Waals surface area contributed by atoms with Crippen LogP contribution < -0.4 is 10.0 Å². The Balaban J connectivity index is 1.95. The number of hydrogen-bond acceptors (Lipinski definition) is 4. The van der Waals surface area contributed by atoms with Crippen LogP contribution in [0.2, 0.25) is 0 Å². The molecule has 2 aromatic carbocycles. The summed E-state index contributed by atoms with van der Waals surface area (Å²) in [5.74, 6) is -0.0621. The van der Waals surface area contributed by atoms with E-state index in [2.05, 4.69) is 26.0 Å². The molecule has 3 aromatic rings. The molecule has 0 saturated heterocycles. The molecule has 0 aliphatic heterocycles. The van der Waals surface area contributed by atoms with Gasteiger partial charge in [-0.1, -0.05) is 15.9 Å². The van der Waals surface area contributed by atoms with Gasteiger partial charge in [-0.25, -0.2) is 8.42 Å². The summed E-state index contributed by atoms with van der Waals surface area (Å²) in [6.45, 7) is 4.09. The Labute approximate surface area is 159 Å². The number of nitrogens with one attached hydrogen (secondary N) is 2. The van der Waals surface area contributed by atoms with Crippen molar-refractivity contribution >= 4 is 48.5 Å². The van der Waals surface area contributed by atoms with Gasteiger partial charge in [-0.3, -0.25) is 9.52 Å². The summed E-state index contributed by atoms with van der Waals surface area (Å²) >= 11 is 3.28. The molecule has 0 unspecified atom stereocenters. The number of sulfonamides is 1. The number of fused-ring (bicyclic) bond motifs is 1. The molecule has 0 aliphatic carbocycles. The first-order chi connectivity index (χ1) is 12.3. The molecule has 3 rings (SSSR count). The maximum absolute atomic E-state index is 12.5. The maximum Gasteiger partial charge on any atom is 0.287 e. The van der Waals surface area contributed by atoms with E-state index in [4.69, 9.17) is 4.42 Å². The van der Waals surface area contributed by atoms with Crippen molar-refractivity contribution in [3.63, 3.8) is 0 Å². The van der Waals surface area contributed by atoms with E-state index in [9.17, 15) is 13.2 Å². The zero-order chi connectivity index (χ0) is 18.9. The van der Waals surface area contributed by atoms with Crippen LogP contribution in [0, 0.1) is 6.92 Å². The summed E-state index contributed by atoms with van der Waals surface area (Å²) < 4.78 is 34.0. The number of carbonyl (C=O) groups excluding carboxylic acids is 1. The molecule has 8 heteroatoms. The van der Waals surface area contributed by atoms with Crippen LogP contribution in [-0.2, 0) is 10.0 Å². The topological polar surface area (TPSA) is 88.4 Å². The third kappa shape index (κ3) is 3.61. The summed E-state index contributed by atoms with van der Waals surface area (Å²) in [6.07, 6.45) is 0. The number of anilines is 1. The second kappa shape index (κ2) is 7.13. The Bertz CT molecular complexity index is 1070. The molecule has 0 fully saturated rings. The van der Waals surface area contributed by atoms with Crippen molar-refractivity contribution in [2.24, 2.45) is 0 Å². The average molecular weight is 437 g/mol. The van der Waals surface area contributed by atoms with Crippen LogP contribution >= 0.6 is 15.9 Å². The largest absolute Gasteiger partial charge is 0.451 e. The predicted molar refractivity (Wildman–Crippen MR) is 104 cm³/mol. The standard InChI is InChI=1S/C18H17BrN2O4S/c1-3-20-18(22)17-11(2)15-10-13(6-9-16(15)25-17)21-26(23,24)14-7-4-12(19)5-8-14/h4-10,21H,3H2,1-2H3,(H,20,22). The van der Waals surface area contributed by atoms with Gasteiger partial charge in [-0.05, 0) is 56.3 Å². The minimum Gasteiger partial charge on any atom is -0.451 e. The van der Waals surface area contributed by atoms with Gasteiger partial charge in [0.05, 0.1) is 4.90 Å². The van der Waals surface area contributed by atoms with Crippen LogP contribution in [0.5, 0.6) is 0 Å². The Kier molecular flexibility index (Phi) is 5.06. The molecule has 0 radical (unpaired) electrons. The van der Waals surface area contributed by atoms with Crippen molar-refractivity contribution < 1.29 is 17.6 Å². The number of benzene rings is 2. The second-order valence-corrected chi connectivity index (χ2v) is 8.28. The lowest BCUT2D eigenvalue weighted by atomic mass is 10.1. The summed E-state index contributed by atoms with van der Waals surface area (Å²) in [4.78, 5) is 12.2. The summed E-state index contributed by atoms with van der Waals surface area (Å²) in [5.41, 5.74) is 1.58. The van der Waals surface area contributed by atoms with E-state index in [1.807, 2.05) is 6.92 Å². The van der Waals surface area contributed by atoms with E-state index in [-0.39, 0.29) is 16.6 Å². The fourth-order valence-electron chi connectivity index (χ4n) is 2.57. The molecular weight excluding hydrogens is 420 g/mol. The zero-order valence-electron chi connectivity index (χ0n) is 14.2. The first-order valence-electron chi connectivity index (χ1n) is 7.91. The molecule has 0 bridgehead atoms. The van der Waals surface area contributed by atoms with E-state index in [1.54, 1.807) is 37.3 Å². The van der Waals surface area contributed by atoms with Crippen molar-refractivity contribution in [1.29, 1.82) is 0 Å². The van der Waals surface area contributed by atoms with Crippen molar-refractivity contribution in [3.8, 4) is 0 Å². The van der Waals surface area contributed by atoms with Crippen LogP contribution in [-0.4, -0.2) is 20.9 Å². The summed E-state index contributed by atoms with van der Waals surface area (Å²) in [6, 6.07) is 11.3. The van der Waals surface area contributed by atoms with Crippen LogP contribution in [0.25, 0.3) is 11.0 Å². The Morgan fingerprint density at radius 3 is 2.50 bits per heavy atom. The lowest BCUT2D eigenvalue weighted by Crippen LogP contribution is -2.22. The van der Waals surface area contributed by atoms with Gasteiger partial charge in [0, 0.05) is 27.7 Å². The van der Waals surface area contributed by atoms with Crippen LogP contribution in [0.4, 0.5) is 5.69 Å². The van der Waals surface area contributed by atoms with Crippen molar-refractivity contribution in [3.05, 3.63) is 58.3 Å². The lowest BCUT2D eigenvalue weighted by molar-refractivity contribution is 0.0929. The SMILES string of the molecule is CCNC(=O)c1oc2ccc(NS(=O)(=O)c3ccc(Br)cc3)cc2c1C. The molecule has 2 N–H and O–H groups in total. The summed E-state index contributed by atoms with van der Waals surface area (Å²) in [7, 11) is -3.71. The van der Waals surface area contributed by atoms with Gasteiger partial charge in [0.1, 0.15) is 5.58 Å². The quantitative estimate of drug-likeness (QED) is 0.630. The number of rotatable bonds is 5. The fraction of sp³-hybridized carbons (Fsp3) is 0.167. The van der Waals surface area contributed by atoms with E-state index < -0.39 is 10.0 Å². The molecular formula is C18H17BrN2O4S. The summed E-state index contributed by atoms with van der Waals surface area (Å²) in [5, 5.41) is 3.38. The van der Waals surface area contributed by atoms with E-state index in [1.165, 1.54) is 12.1 Å². The number of halogens is 1. The van der Waals surface area contributed by atoms with Crippen molar-refractivity contribution in [2.45, 2.75) is 18.7 Å². The first kappa shape index (κ1) is 18.5. The fourth-order valence-corrected chi connectivity index (χ4v) is 3.88. The molecule has 1 heterocycles. The van der Waals surface area contributed by atoms with Crippen molar-refractivity contribution in [2.75, 3.05) is 11.3 Å². The van der Waals surface area contributed by atoms with Gasteiger partial charge in [0.15, 0.2) is 5.76 Å². The van der Waals surface area contributed by atoms with Gasteiger partial charge >= 0.3 is 0 Å². The molecule has 136 valence electrons. The predicted octanol–water partition coefficient (Wildman–Crippen LogP) is 4.05. The number of hydrogen-bond donors (Lipinski definition) is 2. The molecule has 26 heavy (non-hydrogen) atoms. The van der Waals surface area contributed by atoms with Crippen LogP contribution in [0.1, 0.15) is 23.0 Å². The van der Waals surface area contributed by atoms with Gasteiger partial charge in [0.25, 0.3) is 15.9 Å². The lowest BCUT2D eigenvalue weighted by Gasteiger charge is -2.08. The number of carbonyl (C=O) groups is 1. The minimum absolute atomic E-state index is 0.160. The van der Waals surface area contributed by atoms with Gasteiger partial charge < -0.3 is 9.73 Å². The Hall–Kier alpha value is -2.32. The second-order valence-electron chi connectivity index (χ2n) is 5.69. The molecule has 1 aromatic heterocycles. The molecule has 0 aliphatic rings. The number of furan rings is 1. The smallest absolute Gasteiger partial charge is 0.287 e. The maximum atomic E-state index is 12.5. The van der Waals surface area contributed by atoms with E-state index >= 15 is 0 Å². The van der Waals surface area contributed by atoms with Gasteiger partial charge in [0.2, 0.25) is 0 Å². The van der Waals surface area contributed by atoms with Crippen LogP contribution in [0.15, 0.2) is 56.2 Å². The highest BCUT2D eigenvalue weighted by molar-refractivity contribution is 9.10. The third-order valence-electron chi connectivity index (χ3n) is 3.86. The minimum atomic E-state index is -3.71. The third-order valence-corrected chi connectivity index (χ3v) is 5.78. The van der Waals surface area contributed by atoms with Gasteiger partial charge in [-0.15, -0.1) is 0 Å². The van der Waals surface area contributed by atoms with Crippen molar-refractivity contribution in [1.82, 2.24) is 5.32 Å². The highest BCUT2D eigenvalue weighted by Crippen LogP contribution is 2.29. The number of aryl methyl sites for hydroxylation is 1. The normalized spacial score (nSPS) is 11.5. The Morgan fingerprint density at radius 2 is 1.85 bits per heavy atom. The van der Waals surface area contributed by atoms with Gasteiger partial charge in [-0.2, -0.15) is 0 Å². The van der Waals surface area contributed by atoms with Crippen LogP contribution in [0.3, 0.4) is 0 Å². The zero-order valence-corrected chi connectivity index (χ0v) is 16.6. The monoisotopic (exact) mass is 436 g/mol. The highest BCUT2D eigenvalue weighted by atomic mass is 79.9. The molecule has 1 amide bonds. The van der Waals surface area contributed by atoms with E-state index in [0.29, 0.717) is 28.8 Å². The van der Waals surface area contributed by atoms with E-state index in [0.717, 1.165) is 4.47 Å². The molecule has 0 atom stereocenters. The Morgan fingerprint density at radius 1 is 1.15 bits per heavy atom. The first-order valence-corrected chi connectivity index (χ1v) is 10.2. The molecule has 6 nitrogen and oxygen atoms in total. The molecule has 0 saturated carbocycles. The average Bonchev–Trinajstić information content (AvgIpc) is 2.92. The molecule has 0 spiro atoms.